The minimum atomic E-state index is -2.08. The predicted octanol–water partition coefficient (Wildman–Crippen LogP) is 19.8. The van der Waals surface area contributed by atoms with E-state index in [2.05, 4.69) is 174 Å². The third-order valence-electron chi connectivity index (χ3n) is 17.5. The molecule has 4 aromatic carbocycles. The number of amides is 2. The van der Waals surface area contributed by atoms with E-state index in [0.717, 1.165) is 46.7 Å². The van der Waals surface area contributed by atoms with E-state index >= 15 is 0 Å². The summed E-state index contributed by atoms with van der Waals surface area (Å²) in [5.74, 6) is 1.22. The van der Waals surface area contributed by atoms with Crippen LogP contribution in [-0.2, 0) is 38.3 Å². The molecule has 86 heavy (non-hydrogen) atoms. The molecular weight excluding hydrogens is 1220 g/mol. The van der Waals surface area contributed by atoms with Gasteiger partial charge in [0.2, 0.25) is 51.6 Å². The molecule has 4 atom stereocenters. The van der Waals surface area contributed by atoms with Crippen LogP contribution in [0, 0.1) is 32.9 Å². The first-order valence-electron chi connectivity index (χ1n) is 29.0. The Kier molecular flexibility index (Phi) is 28.2. The van der Waals surface area contributed by atoms with E-state index in [9.17, 15) is 9.59 Å². The van der Waals surface area contributed by atoms with Crippen LogP contribution in [0.2, 0.25) is 82.6 Å². The second-order valence-electron chi connectivity index (χ2n) is 28.0. The lowest BCUT2D eigenvalue weighted by Gasteiger charge is -2.40. The van der Waals surface area contributed by atoms with Crippen LogP contribution in [0.15, 0.2) is 77.2 Å². The van der Waals surface area contributed by atoms with Crippen molar-refractivity contribution in [2.24, 2.45) is 17.4 Å². The standard InChI is InChI=1S/C32H46ClN3O3Si2.C19H29ClN2O2Si.C13H21NO2Si.CH3PS/c1-21-24(16-19-27(34-9)28(21)33)20-26(22(2)38-40(10,11)31(3,4)5)30-36-35-29(37-30)23-14-17-25(18-15-23)39-41(12,13)32(6,7)8;1-12-14(9-10-16(22-6)17(12)20)11-15(18(21)23)13(2)24-25(7,8)19(3,4)5;1-13(2,3)17(4,5)16-11-8-6-10(7-9-11)12(14)15;1-2-3/h14-19,22,26H,20H2,1-8,10-13H3;9-10,13,15H,11H2,1-5,7-8H3,(H2,21,23);6-9H,1-5H3,(H2,14,15);1H3/t22-,26-;13-,15-;;/m11../s1. The van der Waals surface area contributed by atoms with Crippen molar-refractivity contribution in [1.82, 2.24) is 10.2 Å². The summed E-state index contributed by atoms with van der Waals surface area (Å²) in [4.78, 5) is 30.0. The van der Waals surface area contributed by atoms with Crippen molar-refractivity contribution < 1.29 is 31.7 Å². The zero-order chi connectivity index (χ0) is 66.5. The minimum absolute atomic E-state index is 0.0521. The van der Waals surface area contributed by atoms with Gasteiger partial charge in [-0.3, -0.25) is 9.59 Å². The number of nitrogens with two attached hydrogens (primary N) is 2. The Morgan fingerprint density at radius 2 is 0.965 bits per heavy atom. The molecule has 0 aliphatic rings. The maximum atomic E-state index is 12.1. The van der Waals surface area contributed by atoms with Gasteiger partial charge in [-0.25, -0.2) is 9.69 Å². The van der Waals surface area contributed by atoms with Crippen molar-refractivity contribution in [2.75, 3.05) is 6.66 Å². The lowest BCUT2D eigenvalue weighted by atomic mass is 9.91. The zero-order valence-electron chi connectivity index (χ0n) is 56.1. The van der Waals surface area contributed by atoms with Gasteiger partial charge in [0.15, 0.2) is 16.6 Å². The molecule has 0 fully saturated rings. The van der Waals surface area contributed by atoms with Crippen LogP contribution >= 0.6 is 30.6 Å². The van der Waals surface area contributed by atoms with E-state index in [-0.39, 0.29) is 44.2 Å². The lowest BCUT2D eigenvalue weighted by Crippen LogP contribution is -2.47. The second-order valence-corrected chi connectivity index (χ2v) is 49.2. The van der Waals surface area contributed by atoms with Crippen LogP contribution in [0.1, 0.15) is 141 Å². The molecule has 0 saturated carbocycles. The molecule has 2 amide bonds. The molecule has 21 heteroatoms. The van der Waals surface area contributed by atoms with E-state index in [0.29, 0.717) is 51.6 Å². The number of aromatic nitrogens is 2. The van der Waals surface area contributed by atoms with Crippen LogP contribution in [-0.4, -0.2) is 74.2 Å². The molecule has 4 N–H and O–H groups in total. The van der Waals surface area contributed by atoms with Crippen molar-refractivity contribution in [3.05, 3.63) is 139 Å². The Morgan fingerprint density at radius 3 is 1.31 bits per heavy atom. The topological polar surface area (TPSA) is 171 Å². The highest BCUT2D eigenvalue weighted by Crippen LogP contribution is 2.43. The molecule has 13 nitrogen and oxygen atoms in total. The predicted molar refractivity (Wildman–Crippen MR) is 374 cm³/mol. The molecule has 1 heterocycles. The summed E-state index contributed by atoms with van der Waals surface area (Å²) in [7, 11) is -6.84. The molecule has 0 spiro atoms. The fraction of sp³-hybridized carbons (Fsp3) is 0.538. The first-order valence-corrected chi connectivity index (χ1v) is 43.8. The van der Waals surface area contributed by atoms with E-state index in [1.807, 2.05) is 63.8 Å². The molecule has 0 saturated heterocycles. The largest absolute Gasteiger partial charge is 0.544 e. The highest BCUT2D eigenvalue weighted by Gasteiger charge is 2.43. The van der Waals surface area contributed by atoms with Gasteiger partial charge in [0.1, 0.15) is 11.5 Å². The van der Waals surface area contributed by atoms with Gasteiger partial charge in [0.25, 0.3) is 0 Å². The van der Waals surface area contributed by atoms with E-state index in [1.165, 1.54) is 0 Å². The van der Waals surface area contributed by atoms with Gasteiger partial charge in [-0.05, 0) is 198 Å². The van der Waals surface area contributed by atoms with Crippen LogP contribution < -0.4 is 20.3 Å². The second kappa shape index (κ2) is 31.2. The maximum absolute atomic E-state index is 12.1. The van der Waals surface area contributed by atoms with Gasteiger partial charge in [-0.1, -0.05) is 142 Å². The number of rotatable bonds is 18. The molecule has 0 unspecified atom stereocenters. The third-order valence-corrected chi connectivity index (χ3v) is 36.3. The normalized spacial score (nSPS) is 13.8. The maximum Gasteiger partial charge on any atom is 0.250 e. The molecule has 472 valence electrons. The number of benzene rings is 4. The molecule has 5 aromatic rings. The average Bonchev–Trinajstić information content (AvgIpc) is 2.72. The zero-order valence-corrected chi connectivity index (χ0v) is 63.3. The summed E-state index contributed by atoms with van der Waals surface area (Å²) >= 11 is 17.2. The highest BCUT2D eigenvalue weighted by molar-refractivity contribution is 7.96. The van der Waals surface area contributed by atoms with Gasteiger partial charge >= 0.3 is 0 Å². The number of carbonyl (C=O) groups is 2. The molecule has 1 aromatic heterocycles. The fourth-order valence-corrected chi connectivity index (χ4v) is 13.1. The summed E-state index contributed by atoms with van der Waals surface area (Å²) < 4.78 is 32.1. The van der Waals surface area contributed by atoms with Crippen molar-refractivity contribution in [1.29, 1.82) is 0 Å². The Labute approximate surface area is 537 Å². The van der Waals surface area contributed by atoms with Crippen LogP contribution in [0.3, 0.4) is 0 Å². The third kappa shape index (κ3) is 21.6. The summed E-state index contributed by atoms with van der Waals surface area (Å²) in [6, 6.07) is 22.2. The lowest BCUT2D eigenvalue weighted by molar-refractivity contribution is -0.124. The molecule has 0 aliphatic carbocycles. The van der Waals surface area contributed by atoms with Crippen molar-refractivity contribution in [3.8, 4) is 23.0 Å². The Morgan fingerprint density at radius 1 is 0.605 bits per heavy atom. The molecule has 0 aliphatic heterocycles. The van der Waals surface area contributed by atoms with Gasteiger partial charge in [0.05, 0.1) is 47.2 Å². The van der Waals surface area contributed by atoms with Gasteiger partial charge in [-0.15, -0.1) is 10.2 Å². The Bertz CT molecular complexity index is 3170. The van der Waals surface area contributed by atoms with E-state index < -0.39 is 45.1 Å². The number of primary amides is 2. The average molecular weight is 1320 g/mol. The summed E-state index contributed by atoms with van der Waals surface area (Å²) in [6.07, 6.45) is 0.593. The molecule has 5 rings (SSSR count). The van der Waals surface area contributed by atoms with Gasteiger partial charge in [-0.2, -0.15) is 0 Å². The monoisotopic (exact) mass is 1320 g/mol. The first-order chi connectivity index (χ1) is 39.1. The van der Waals surface area contributed by atoms with E-state index in [4.69, 9.17) is 69.9 Å². The summed E-state index contributed by atoms with van der Waals surface area (Å²) in [5.41, 5.74) is 16.7. The van der Waals surface area contributed by atoms with Crippen molar-refractivity contribution in [2.45, 2.75) is 214 Å². The molecule has 0 radical (unpaired) electrons. The molecule has 0 bridgehead atoms. The van der Waals surface area contributed by atoms with Crippen molar-refractivity contribution in [3.63, 3.8) is 0 Å². The van der Waals surface area contributed by atoms with Crippen molar-refractivity contribution >= 4 is 98.8 Å². The summed E-state index contributed by atoms with van der Waals surface area (Å²) in [6.45, 7) is 68.4. The number of nitrogens with zero attached hydrogens (tertiary/aromatic N) is 4. The SMILES string of the molecule is CC(C)(C)[Si](C)(C)Oc1ccc(C(N)=O)cc1.CP=S.[C-]#[N+]c1ccc(C[C@@H](C(N)=O)[C@@H](C)O[Si](C)(C)C(C)(C)C)c(C)c1Cl.[C-]#[N+]c1ccc(C[C@@H](c2nnc(-c3ccc(O[Si](C)(C)C(C)(C)C)cc3)o2)[C@@H](C)O[Si](C)(C)C(C)(C)C)c(C)c1Cl. The first kappa shape index (κ1) is 77.5. The highest BCUT2D eigenvalue weighted by atomic mass is 35.5. The van der Waals surface area contributed by atoms with Gasteiger partial charge < -0.3 is 33.6 Å². The smallest absolute Gasteiger partial charge is 0.250 e. The van der Waals surface area contributed by atoms with Crippen LogP contribution in [0.5, 0.6) is 11.5 Å². The molecular formula is C65H99Cl2N6O7PSSi4. The number of halogens is 2. The summed E-state index contributed by atoms with van der Waals surface area (Å²) in [5, 5.41) is 10.3. The fourth-order valence-electron chi connectivity index (χ4n) is 7.66. The Hall–Kier alpha value is -4.57. The minimum Gasteiger partial charge on any atom is -0.544 e. The Balaban J connectivity index is 0.000000474. The van der Waals surface area contributed by atoms with Crippen LogP contribution in [0.25, 0.3) is 21.1 Å². The van der Waals surface area contributed by atoms with E-state index in [1.54, 1.807) is 36.4 Å². The number of hydrogen-bond acceptors (Lipinski definition) is 10. The van der Waals surface area contributed by atoms with Crippen LogP contribution in [0.4, 0.5) is 11.4 Å². The van der Waals surface area contributed by atoms with Gasteiger partial charge in [0, 0.05) is 11.1 Å². The quantitative estimate of drug-likeness (QED) is 0.0489. The number of carbonyl (C=O) groups excluding carboxylic acids is 2. The number of hydrogen-bond donors (Lipinski definition) is 2.